The Hall–Kier alpha value is -2.27. The fourth-order valence-corrected chi connectivity index (χ4v) is 1.85. The van der Waals surface area contributed by atoms with Crippen molar-refractivity contribution in [3.8, 4) is 0 Å². The van der Waals surface area contributed by atoms with Gasteiger partial charge >= 0.3 is 5.97 Å². The van der Waals surface area contributed by atoms with E-state index in [1.165, 1.54) is 22.8 Å². The molecule has 0 aliphatic heterocycles. The maximum atomic E-state index is 11.8. The lowest BCUT2D eigenvalue weighted by Crippen LogP contribution is -2.21. The lowest BCUT2D eigenvalue weighted by molar-refractivity contribution is 0.0490. The molecule has 20 heavy (non-hydrogen) atoms. The molecular formula is C14H13ClN2O3. The Balaban J connectivity index is 1.98. The largest absolute Gasteiger partial charge is 0.460 e. The predicted molar refractivity (Wildman–Crippen MR) is 76.8 cm³/mol. The number of anilines is 1. The van der Waals surface area contributed by atoms with Crippen molar-refractivity contribution in [1.29, 1.82) is 0 Å². The maximum Gasteiger partial charge on any atom is 0.339 e. The number of aromatic nitrogens is 1. The number of ether oxygens (including phenoxy) is 1. The molecule has 6 heteroatoms. The van der Waals surface area contributed by atoms with Gasteiger partial charge in [-0.05, 0) is 24.3 Å². The number of benzene rings is 1. The Bertz CT molecular complexity index is 682. The summed E-state index contributed by atoms with van der Waals surface area (Å²) < 4.78 is 6.54. The number of nitrogen functional groups attached to an aromatic ring is 1. The topological polar surface area (TPSA) is 74.3 Å². The van der Waals surface area contributed by atoms with Gasteiger partial charge in [0.2, 0.25) is 0 Å². The molecule has 2 aromatic rings. The third-order valence-electron chi connectivity index (χ3n) is 2.67. The van der Waals surface area contributed by atoms with Crippen LogP contribution in [0.25, 0.3) is 0 Å². The fraction of sp³-hybridized carbons (Fsp3) is 0.143. The van der Waals surface area contributed by atoms with E-state index in [0.717, 1.165) is 0 Å². The molecule has 2 N–H and O–H groups in total. The van der Waals surface area contributed by atoms with Crippen molar-refractivity contribution in [2.45, 2.75) is 6.54 Å². The molecule has 2 rings (SSSR count). The minimum Gasteiger partial charge on any atom is -0.460 e. The number of esters is 1. The molecule has 0 amide bonds. The van der Waals surface area contributed by atoms with E-state index in [0.29, 0.717) is 5.69 Å². The van der Waals surface area contributed by atoms with E-state index in [1.807, 2.05) is 0 Å². The first-order chi connectivity index (χ1) is 9.58. The van der Waals surface area contributed by atoms with Crippen LogP contribution in [0.4, 0.5) is 5.69 Å². The summed E-state index contributed by atoms with van der Waals surface area (Å²) >= 11 is 5.90. The van der Waals surface area contributed by atoms with Crippen molar-refractivity contribution < 1.29 is 9.53 Å². The molecule has 0 atom stereocenters. The number of halogens is 1. The standard InChI is InChI=1S/C14H13ClN2O3/c15-12-5-4-10(16)9-11(12)14(19)20-8-7-17-6-2-1-3-13(17)18/h1-6,9H,7-8,16H2. The molecule has 0 spiro atoms. The molecule has 0 saturated heterocycles. The fourth-order valence-electron chi connectivity index (χ4n) is 1.66. The van der Waals surface area contributed by atoms with Gasteiger partial charge in [-0.15, -0.1) is 0 Å². The third-order valence-corrected chi connectivity index (χ3v) is 3.00. The number of hydrogen-bond acceptors (Lipinski definition) is 4. The van der Waals surface area contributed by atoms with Gasteiger partial charge in [0.15, 0.2) is 0 Å². The lowest BCUT2D eigenvalue weighted by Gasteiger charge is -2.08. The number of nitrogens with two attached hydrogens (primary N) is 1. The van der Waals surface area contributed by atoms with Crippen molar-refractivity contribution in [3.05, 3.63) is 63.5 Å². The molecule has 0 fully saturated rings. The SMILES string of the molecule is Nc1ccc(Cl)c(C(=O)OCCn2ccccc2=O)c1. The minimum absolute atomic E-state index is 0.0773. The molecule has 1 heterocycles. The molecule has 0 radical (unpaired) electrons. The van der Waals surface area contributed by atoms with Crippen LogP contribution in [-0.2, 0) is 11.3 Å². The smallest absolute Gasteiger partial charge is 0.339 e. The summed E-state index contributed by atoms with van der Waals surface area (Å²) in [7, 11) is 0. The monoisotopic (exact) mass is 292 g/mol. The van der Waals surface area contributed by atoms with E-state index in [-0.39, 0.29) is 29.3 Å². The first-order valence-electron chi connectivity index (χ1n) is 5.95. The highest BCUT2D eigenvalue weighted by molar-refractivity contribution is 6.33. The van der Waals surface area contributed by atoms with E-state index in [9.17, 15) is 9.59 Å². The van der Waals surface area contributed by atoms with Gasteiger partial charge in [0.25, 0.3) is 5.56 Å². The second-order valence-electron chi connectivity index (χ2n) is 4.11. The molecular weight excluding hydrogens is 280 g/mol. The zero-order valence-corrected chi connectivity index (χ0v) is 11.3. The zero-order valence-electron chi connectivity index (χ0n) is 10.6. The number of rotatable bonds is 4. The molecule has 1 aromatic carbocycles. The summed E-state index contributed by atoms with van der Waals surface area (Å²) in [4.78, 5) is 23.3. The summed E-state index contributed by atoms with van der Waals surface area (Å²) in [5.41, 5.74) is 6.09. The van der Waals surface area contributed by atoms with Crippen molar-refractivity contribution in [1.82, 2.24) is 4.57 Å². The Labute approximate surface area is 120 Å². The van der Waals surface area contributed by atoms with Crippen LogP contribution < -0.4 is 11.3 Å². The quantitative estimate of drug-likeness (QED) is 0.690. The maximum absolute atomic E-state index is 11.8. The number of carbonyl (C=O) groups is 1. The van der Waals surface area contributed by atoms with Crippen molar-refractivity contribution in [2.75, 3.05) is 12.3 Å². The number of carbonyl (C=O) groups excluding carboxylic acids is 1. The van der Waals surface area contributed by atoms with E-state index < -0.39 is 5.97 Å². The molecule has 0 saturated carbocycles. The van der Waals surface area contributed by atoms with Gasteiger partial charge in [-0.25, -0.2) is 4.79 Å². The van der Waals surface area contributed by atoms with Crippen LogP contribution in [0.5, 0.6) is 0 Å². The van der Waals surface area contributed by atoms with Crippen LogP contribution in [0.15, 0.2) is 47.4 Å². The van der Waals surface area contributed by atoms with Gasteiger partial charge in [-0.1, -0.05) is 17.7 Å². The van der Waals surface area contributed by atoms with Gasteiger partial charge in [0, 0.05) is 18.0 Å². The van der Waals surface area contributed by atoms with Crippen molar-refractivity contribution in [2.24, 2.45) is 0 Å². The van der Waals surface area contributed by atoms with Crippen LogP contribution in [0, 0.1) is 0 Å². The molecule has 0 aliphatic carbocycles. The highest BCUT2D eigenvalue weighted by Gasteiger charge is 2.12. The lowest BCUT2D eigenvalue weighted by atomic mass is 10.2. The summed E-state index contributed by atoms with van der Waals surface area (Å²) in [5.74, 6) is -0.564. The first kappa shape index (κ1) is 14.1. The van der Waals surface area contributed by atoms with Crippen LogP contribution in [-0.4, -0.2) is 17.1 Å². The predicted octanol–water partition coefficient (Wildman–Crippen LogP) is 1.94. The highest BCUT2D eigenvalue weighted by Crippen LogP contribution is 2.19. The summed E-state index contributed by atoms with van der Waals surface area (Å²) in [6.45, 7) is 0.360. The van der Waals surface area contributed by atoms with Crippen LogP contribution in [0.3, 0.4) is 0 Å². The van der Waals surface area contributed by atoms with E-state index >= 15 is 0 Å². The second kappa shape index (κ2) is 6.25. The normalized spacial score (nSPS) is 10.2. The second-order valence-corrected chi connectivity index (χ2v) is 4.51. The number of pyridine rings is 1. The van der Waals surface area contributed by atoms with Crippen LogP contribution >= 0.6 is 11.6 Å². The van der Waals surface area contributed by atoms with Gasteiger partial charge in [0.1, 0.15) is 6.61 Å². The van der Waals surface area contributed by atoms with E-state index in [1.54, 1.807) is 24.4 Å². The van der Waals surface area contributed by atoms with Gasteiger partial charge < -0.3 is 15.0 Å². The first-order valence-corrected chi connectivity index (χ1v) is 6.33. The molecule has 104 valence electrons. The molecule has 1 aromatic heterocycles. The Morgan fingerprint density at radius 3 is 2.85 bits per heavy atom. The Morgan fingerprint density at radius 1 is 1.30 bits per heavy atom. The molecule has 0 unspecified atom stereocenters. The van der Waals surface area contributed by atoms with Crippen molar-refractivity contribution >= 4 is 23.3 Å². The number of hydrogen-bond donors (Lipinski definition) is 1. The summed E-state index contributed by atoms with van der Waals surface area (Å²) in [5, 5.41) is 0.279. The minimum atomic E-state index is -0.564. The van der Waals surface area contributed by atoms with Gasteiger partial charge in [0.05, 0.1) is 17.1 Å². The third kappa shape index (κ3) is 3.39. The van der Waals surface area contributed by atoms with Crippen molar-refractivity contribution in [3.63, 3.8) is 0 Å². The highest BCUT2D eigenvalue weighted by atomic mass is 35.5. The van der Waals surface area contributed by atoms with Gasteiger partial charge in [-0.3, -0.25) is 4.79 Å². The molecule has 0 aliphatic rings. The van der Waals surface area contributed by atoms with Crippen LogP contribution in [0.2, 0.25) is 5.02 Å². The van der Waals surface area contributed by atoms with Crippen LogP contribution in [0.1, 0.15) is 10.4 Å². The summed E-state index contributed by atoms with van der Waals surface area (Å²) in [6, 6.07) is 9.42. The molecule has 5 nitrogen and oxygen atoms in total. The van der Waals surface area contributed by atoms with E-state index in [2.05, 4.69) is 0 Å². The van der Waals surface area contributed by atoms with Gasteiger partial charge in [-0.2, -0.15) is 0 Å². The van der Waals surface area contributed by atoms with E-state index in [4.69, 9.17) is 22.1 Å². The zero-order chi connectivity index (χ0) is 14.5. The average molecular weight is 293 g/mol. The summed E-state index contributed by atoms with van der Waals surface area (Å²) in [6.07, 6.45) is 1.63. The average Bonchev–Trinajstić information content (AvgIpc) is 2.43. The molecule has 0 bridgehead atoms. The Morgan fingerprint density at radius 2 is 2.10 bits per heavy atom. The number of nitrogens with zero attached hydrogens (tertiary/aromatic N) is 1. The Kier molecular flexibility index (Phi) is 4.42.